The summed E-state index contributed by atoms with van der Waals surface area (Å²) < 4.78 is 12.7. The third-order valence-corrected chi connectivity index (χ3v) is 8.77. The number of phenolic OH excluding ortho intramolecular Hbond substituents is 1. The molecule has 0 radical (unpaired) electrons. The minimum Gasteiger partial charge on any atom is -0.504 e. The van der Waals surface area contributed by atoms with E-state index in [1.165, 1.54) is 11.1 Å². The lowest BCUT2D eigenvalue weighted by Gasteiger charge is -2.71. The monoisotopic (exact) mass is 393 g/mol. The molecular weight excluding hydrogens is 366 g/mol. The van der Waals surface area contributed by atoms with Gasteiger partial charge in [-0.25, -0.2) is 0 Å². The fourth-order valence-corrected chi connectivity index (χ4v) is 7.77. The number of fused-ring (bicyclic) bond motifs is 1. The van der Waals surface area contributed by atoms with Crippen LogP contribution in [0.25, 0.3) is 0 Å². The van der Waals surface area contributed by atoms with E-state index in [0.29, 0.717) is 5.75 Å². The molecule has 2 heterocycles. The number of carbonyl (C=O) groups excluding carboxylic acids is 1. The molecule has 1 saturated carbocycles. The Morgan fingerprint density at radius 3 is 3.00 bits per heavy atom. The predicted molar refractivity (Wildman–Crippen MR) is 108 cm³/mol. The van der Waals surface area contributed by atoms with Gasteiger partial charge in [-0.15, -0.1) is 6.58 Å². The van der Waals surface area contributed by atoms with Gasteiger partial charge in [-0.1, -0.05) is 24.3 Å². The lowest BCUT2D eigenvalue weighted by atomic mass is 9.37. The van der Waals surface area contributed by atoms with Gasteiger partial charge < -0.3 is 14.6 Å². The number of piperidine rings is 1. The number of nitrogens with zero attached hydrogens (tertiary/aromatic N) is 1. The molecule has 1 aromatic carbocycles. The number of Topliss-reactive ketones (excluding diaryl/α,β-unsaturated/α-hetero) is 1. The summed E-state index contributed by atoms with van der Waals surface area (Å²) in [6.07, 6.45) is 8.71. The van der Waals surface area contributed by atoms with Crippen LogP contribution in [0.5, 0.6) is 11.5 Å². The largest absolute Gasteiger partial charge is 0.504 e. The van der Waals surface area contributed by atoms with Crippen molar-refractivity contribution >= 4 is 5.78 Å². The molecule has 6 atom stereocenters. The van der Waals surface area contributed by atoms with Crippen LogP contribution >= 0.6 is 0 Å². The molecule has 1 saturated heterocycles. The van der Waals surface area contributed by atoms with Crippen molar-refractivity contribution in [3.63, 3.8) is 0 Å². The second-order valence-corrected chi connectivity index (χ2v) is 9.47. The van der Waals surface area contributed by atoms with Gasteiger partial charge in [0, 0.05) is 30.7 Å². The van der Waals surface area contributed by atoms with E-state index in [-0.39, 0.29) is 40.4 Å². The number of phenols is 1. The molecule has 4 aliphatic carbocycles. The lowest BCUT2D eigenvalue weighted by molar-refractivity contribution is -0.213. The molecule has 2 spiro atoms. The summed E-state index contributed by atoms with van der Waals surface area (Å²) in [6.45, 7) is 7.44. The van der Waals surface area contributed by atoms with Crippen molar-refractivity contribution in [1.29, 1.82) is 0 Å². The topological polar surface area (TPSA) is 59.0 Å². The van der Waals surface area contributed by atoms with Crippen molar-refractivity contribution in [2.45, 2.75) is 49.3 Å². The smallest absolute Gasteiger partial charge is 0.165 e. The van der Waals surface area contributed by atoms with Crippen LogP contribution in [0.1, 0.15) is 30.9 Å². The van der Waals surface area contributed by atoms with Gasteiger partial charge in [0.05, 0.1) is 11.3 Å². The molecular formula is C24H27NO4. The zero-order chi connectivity index (χ0) is 20.2. The lowest BCUT2D eigenvalue weighted by Crippen LogP contribution is -2.79. The standard InChI is InChI=1S/C24H27NO4/c1-4-10-25-11-9-23-19-15-5-6-17(27)20(19)29-21(23)24(28-3)8-7-22(23,18(25)12-15)13-16(24)14(2)26/h4-8,16,18,21,27H,1,9-13H2,2-3H3/t16-,18-,21-,22-,23+,24-/m1/s1. The molecule has 5 heteroatoms. The molecule has 1 N–H and O–H groups in total. The van der Waals surface area contributed by atoms with Crippen LogP contribution in [0.3, 0.4) is 0 Å². The van der Waals surface area contributed by atoms with Crippen LogP contribution in [-0.2, 0) is 21.4 Å². The van der Waals surface area contributed by atoms with E-state index in [1.807, 2.05) is 6.08 Å². The maximum atomic E-state index is 12.8. The van der Waals surface area contributed by atoms with E-state index in [0.717, 1.165) is 32.4 Å². The van der Waals surface area contributed by atoms with Gasteiger partial charge in [0.2, 0.25) is 0 Å². The molecule has 4 bridgehead atoms. The number of ketones is 1. The number of ether oxygens (including phenoxy) is 2. The fraction of sp³-hybridized carbons (Fsp3) is 0.542. The Kier molecular flexibility index (Phi) is 3.25. The summed E-state index contributed by atoms with van der Waals surface area (Å²) in [7, 11) is 1.69. The Morgan fingerprint density at radius 1 is 1.45 bits per heavy atom. The van der Waals surface area contributed by atoms with Gasteiger partial charge in [0.25, 0.3) is 0 Å². The maximum Gasteiger partial charge on any atom is 0.165 e. The number of hydrogen-bond acceptors (Lipinski definition) is 5. The molecule has 2 aliphatic heterocycles. The van der Waals surface area contributed by atoms with E-state index < -0.39 is 5.60 Å². The molecule has 7 rings (SSSR count). The van der Waals surface area contributed by atoms with Crippen LogP contribution in [0.15, 0.2) is 36.9 Å². The normalized spacial score (nSPS) is 43.0. The minimum absolute atomic E-state index is 0.147. The Bertz CT molecular complexity index is 985. The van der Waals surface area contributed by atoms with E-state index in [1.54, 1.807) is 20.1 Å². The molecule has 6 aliphatic rings. The number of benzene rings is 1. The van der Waals surface area contributed by atoms with Crippen molar-refractivity contribution in [2.24, 2.45) is 11.3 Å². The number of carbonyl (C=O) groups is 1. The second kappa shape index (κ2) is 5.32. The number of aromatic hydroxyl groups is 1. The molecule has 0 amide bonds. The number of methoxy groups -OCH3 is 1. The Balaban J connectivity index is 1.69. The molecule has 2 fully saturated rings. The highest BCUT2D eigenvalue weighted by Crippen LogP contribution is 2.74. The van der Waals surface area contributed by atoms with Gasteiger partial charge in [-0.3, -0.25) is 9.69 Å². The summed E-state index contributed by atoms with van der Waals surface area (Å²) in [5.41, 5.74) is 1.16. The average molecular weight is 393 g/mol. The van der Waals surface area contributed by atoms with E-state index in [2.05, 4.69) is 29.7 Å². The Labute approximate surface area is 171 Å². The van der Waals surface area contributed by atoms with Gasteiger partial charge in [-0.05, 0) is 44.4 Å². The first-order valence-corrected chi connectivity index (χ1v) is 10.6. The first-order valence-electron chi connectivity index (χ1n) is 10.6. The van der Waals surface area contributed by atoms with Gasteiger partial charge in [0.15, 0.2) is 11.5 Å². The third kappa shape index (κ3) is 1.68. The van der Waals surface area contributed by atoms with Crippen LogP contribution in [0.2, 0.25) is 0 Å². The summed E-state index contributed by atoms with van der Waals surface area (Å²) >= 11 is 0. The second-order valence-electron chi connectivity index (χ2n) is 9.47. The van der Waals surface area contributed by atoms with Crippen molar-refractivity contribution in [3.8, 4) is 11.5 Å². The summed E-state index contributed by atoms with van der Waals surface area (Å²) in [5.74, 6) is 0.703. The zero-order valence-corrected chi connectivity index (χ0v) is 17.0. The molecule has 1 aromatic rings. The first-order chi connectivity index (χ1) is 13.9. The summed E-state index contributed by atoms with van der Waals surface area (Å²) in [4.78, 5) is 15.4. The Morgan fingerprint density at radius 2 is 2.28 bits per heavy atom. The van der Waals surface area contributed by atoms with E-state index in [4.69, 9.17) is 9.47 Å². The van der Waals surface area contributed by atoms with E-state index in [9.17, 15) is 9.90 Å². The molecule has 152 valence electrons. The molecule has 0 unspecified atom stereocenters. The van der Waals surface area contributed by atoms with Crippen LogP contribution < -0.4 is 4.74 Å². The highest BCUT2D eigenvalue weighted by molar-refractivity contribution is 5.82. The molecule has 29 heavy (non-hydrogen) atoms. The van der Waals surface area contributed by atoms with Crippen molar-refractivity contribution in [2.75, 3.05) is 20.2 Å². The SMILES string of the molecule is C=CCN1CC[C@]23c4c5ccc(O)c4O[C@H]2[C@@]2(OC)C=C[C@@]3(C[C@@H]2C(C)=O)[C@H]1C5. The van der Waals surface area contributed by atoms with Gasteiger partial charge >= 0.3 is 0 Å². The highest BCUT2D eigenvalue weighted by Gasteiger charge is 2.79. The third-order valence-electron chi connectivity index (χ3n) is 8.77. The van der Waals surface area contributed by atoms with Crippen LogP contribution in [0, 0.1) is 11.3 Å². The van der Waals surface area contributed by atoms with Crippen molar-refractivity contribution in [1.82, 2.24) is 4.90 Å². The van der Waals surface area contributed by atoms with Crippen molar-refractivity contribution < 1.29 is 19.4 Å². The predicted octanol–water partition coefficient (Wildman–Crippen LogP) is 2.76. The quantitative estimate of drug-likeness (QED) is 0.797. The zero-order valence-electron chi connectivity index (χ0n) is 17.0. The molecule has 5 nitrogen and oxygen atoms in total. The number of likely N-dealkylation sites (tertiary alicyclic amines) is 1. The minimum atomic E-state index is -0.793. The van der Waals surface area contributed by atoms with Gasteiger partial charge in [0.1, 0.15) is 17.5 Å². The van der Waals surface area contributed by atoms with E-state index >= 15 is 0 Å². The fourth-order valence-electron chi connectivity index (χ4n) is 7.77. The number of rotatable bonds is 4. The van der Waals surface area contributed by atoms with Crippen LogP contribution in [0.4, 0.5) is 0 Å². The number of hydrogen-bond donors (Lipinski definition) is 1. The Hall–Kier alpha value is -2.11. The van der Waals surface area contributed by atoms with Crippen molar-refractivity contribution in [3.05, 3.63) is 48.1 Å². The highest BCUT2D eigenvalue weighted by atomic mass is 16.6. The average Bonchev–Trinajstić information content (AvgIpc) is 3.08. The first kappa shape index (κ1) is 17.7. The van der Waals surface area contributed by atoms with Gasteiger partial charge in [-0.2, -0.15) is 0 Å². The summed E-state index contributed by atoms with van der Waals surface area (Å²) in [6, 6.07) is 4.09. The van der Waals surface area contributed by atoms with Crippen LogP contribution in [-0.4, -0.2) is 53.7 Å². The maximum absolute atomic E-state index is 12.8. The summed E-state index contributed by atoms with van der Waals surface area (Å²) in [5, 5.41) is 10.7. The molecule has 0 aromatic heterocycles.